The number of ether oxygens (including phenoxy) is 3. The number of hydrogen-bond donors (Lipinski definition) is 2. The fourth-order valence-electron chi connectivity index (χ4n) is 3.21. The molecule has 3 rings (SSSR count). The summed E-state index contributed by atoms with van der Waals surface area (Å²) < 4.78 is 16.9. The van der Waals surface area contributed by atoms with Crippen molar-refractivity contribution in [1.82, 2.24) is 10.6 Å². The average Bonchev–Trinajstić information content (AvgIpc) is 2.87. The van der Waals surface area contributed by atoms with E-state index < -0.39 is 0 Å². The topological polar surface area (TPSA) is 68.8 Å². The van der Waals surface area contributed by atoms with Crippen molar-refractivity contribution in [3.05, 3.63) is 89.5 Å². The molecule has 6 nitrogen and oxygen atoms in total. The van der Waals surface area contributed by atoms with Crippen LogP contribution in [0, 0.1) is 0 Å². The Labute approximate surface area is 206 Å². The van der Waals surface area contributed by atoms with E-state index >= 15 is 0 Å². The van der Waals surface area contributed by atoms with Gasteiger partial charge in [0, 0.05) is 18.5 Å². The highest BCUT2D eigenvalue weighted by Gasteiger charge is 2.10. The second kappa shape index (κ2) is 13.2. The van der Waals surface area contributed by atoms with Crippen molar-refractivity contribution in [2.24, 2.45) is 0 Å². The maximum Gasteiger partial charge on any atom is 0.257 e. The minimum atomic E-state index is -0.299. The quantitative estimate of drug-likeness (QED) is 0.382. The first-order chi connectivity index (χ1) is 16.6. The molecule has 0 radical (unpaired) electrons. The van der Waals surface area contributed by atoms with E-state index in [-0.39, 0.29) is 11.0 Å². The van der Waals surface area contributed by atoms with Crippen LogP contribution in [0.2, 0.25) is 0 Å². The lowest BCUT2D eigenvalue weighted by Crippen LogP contribution is -2.38. The number of hydrogen-bond acceptors (Lipinski definition) is 5. The van der Waals surface area contributed by atoms with Crippen molar-refractivity contribution >= 4 is 23.2 Å². The highest BCUT2D eigenvalue weighted by molar-refractivity contribution is 7.80. The van der Waals surface area contributed by atoms with Crippen LogP contribution in [0.4, 0.5) is 0 Å². The molecule has 0 heterocycles. The second-order valence-corrected chi connectivity index (χ2v) is 7.99. The summed E-state index contributed by atoms with van der Waals surface area (Å²) in [6.45, 7) is 3.64. The number of rotatable bonds is 11. The van der Waals surface area contributed by atoms with Gasteiger partial charge < -0.3 is 19.5 Å². The summed E-state index contributed by atoms with van der Waals surface area (Å²) in [5.41, 5.74) is 2.63. The van der Waals surface area contributed by atoms with Gasteiger partial charge in [-0.3, -0.25) is 10.1 Å². The van der Waals surface area contributed by atoms with E-state index in [0.29, 0.717) is 42.6 Å². The lowest BCUT2D eigenvalue weighted by Gasteiger charge is -2.13. The molecule has 7 heteroatoms. The van der Waals surface area contributed by atoms with Gasteiger partial charge in [0.1, 0.15) is 5.75 Å². The van der Waals surface area contributed by atoms with Crippen molar-refractivity contribution in [1.29, 1.82) is 0 Å². The lowest BCUT2D eigenvalue weighted by atomic mass is 10.2. The molecule has 34 heavy (non-hydrogen) atoms. The third kappa shape index (κ3) is 7.78. The summed E-state index contributed by atoms with van der Waals surface area (Å²) in [6.07, 6.45) is 1.71. The first-order valence-electron chi connectivity index (χ1n) is 11.2. The molecule has 0 bridgehead atoms. The fraction of sp³-hybridized carbons (Fsp3) is 0.259. The summed E-state index contributed by atoms with van der Waals surface area (Å²) in [6, 6.07) is 22.9. The maximum absolute atomic E-state index is 12.6. The summed E-state index contributed by atoms with van der Waals surface area (Å²) in [5.74, 6) is 1.70. The lowest BCUT2D eigenvalue weighted by molar-refractivity contribution is 0.0976. The van der Waals surface area contributed by atoms with E-state index in [1.807, 2.05) is 42.5 Å². The Morgan fingerprint density at radius 2 is 1.71 bits per heavy atom. The third-order valence-corrected chi connectivity index (χ3v) is 5.21. The van der Waals surface area contributed by atoms with Crippen molar-refractivity contribution in [2.45, 2.75) is 26.3 Å². The largest absolute Gasteiger partial charge is 0.493 e. The molecule has 2 N–H and O–H groups in total. The van der Waals surface area contributed by atoms with Gasteiger partial charge in [-0.25, -0.2) is 0 Å². The van der Waals surface area contributed by atoms with Gasteiger partial charge in [-0.1, -0.05) is 49.4 Å². The van der Waals surface area contributed by atoms with E-state index in [9.17, 15) is 4.79 Å². The summed E-state index contributed by atoms with van der Waals surface area (Å²) in [5, 5.41) is 6.01. The van der Waals surface area contributed by atoms with E-state index in [1.165, 1.54) is 5.56 Å². The van der Waals surface area contributed by atoms with Gasteiger partial charge >= 0.3 is 0 Å². The molecule has 0 saturated carbocycles. The van der Waals surface area contributed by atoms with Crippen LogP contribution in [0.25, 0.3) is 0 Å². The van der Waals surface area contributed by atoms with Gasteiger partial charge in [-0.15, -0.1) is 0 Å². The SMILES string of the molecule is CCCOc1ccc(CNC(=S)NC(=O)c2cccc(OCCc3ccccc3)c2)cc1OC. The zero-order chi connectivity index (χ0) is 24.2. The Hall–Kier alpha value is -3.58. The standard InChI is InChI=1S/C27H30N2O4S/c1-3-15-33-24-13-12-21(17-25(24)31-2)19-28-27(34)29-26(30)22-10-7-11-23(18-22)32-16-14-20-8-5-4-6-9-20/h4-13,17-18H,3,14-16,19H2,1-2H3,(H2,28,29,30,34). The number of amides is 1. The highest BCUT2D eigenvalue weighted by Crippen LogP contribution is 2.28. The number of carbonyl (C=O) groups excluding carboxylic acids is 1. The van der Waals surface area contributed by atoms with Crippen LogP contribution >= 0.6 is 12.2 Å². The van der Waals surface area contributed by atoms with Crippen LogP contribution in [0.5, 0.6) is 17.2 Å². The number of benzene rings is 3. The predicted molar refractivity (Wildman–Crippen MR) is 138 cm³/mol. The van der Waals surface area contributed by atoms with Gasteiger partial charge in [0.15, 0.2) is 16.6 Å². The molecule has 1 amide bonds. The number of nitrogens with one attached hydrogen (secondary N) is 2. The molecule has 0 saturated heterocycles. The number of methoxy groups -OCH3 is 1. The molecule has 3 aromatic carbocycles. The van der Waals surface area contributed by atoms with Crippen LogP contribution in [0.3, 0.4) is 0 Å². The van der Waals surface area contributed by atoms with Crippen molar-refractivity contribution < 1.29 is 19.0 Å². The molecule has 0 fully saturated rings. The van der Waals surface area contributed by atoms with Crippen molar-refractivity contribution in [2.75, 3.05) is 20.3 Å². The molecule has 0 aromatic heterocycles. The van der Waals surface area contributed by atoms with E-state index in [4.69, 9.17) is 26.4 Å². The van der Waals surface area contributed by atoms with Gasteiger partial charge in [0.05, 0.1) is 20.3 Å². The molecule has 0 aliphatic carbocycles. The molecule has 0 unspecified atom stereocenters. The van der Waals surface area contributed by atoms with Crippen molar-refractivity contribution in [3.63, 3.8) is 0 Å². The first kappa shape index (κ1) is 25.1. The summed E-state index contributed by atoms with van der Waals surface area (Å²) >= 11 is 5.30. The molecule has 3 aromatic rings. The first-order valence-corrected chi connectivity index (χ1v) is 11.7. The third-order valence-electron chi connectivity index (χ3n) is 4.97. The number of carbonyl (C=O) groups is 1. The maximum atomic E-state index is 12.6. The molecule has 0 aliphatic rings. The molecular formula is C27H30N2O4S. The van der Waals surface area contributed by atoms with E-state index in [2.05, 4.69) is 29.7 Å². The molecule has 0 aliphatic heterocycles. The smallest absolute Gasteiger partial charge is 0.257 e. The molecular weight excluding hydrogens is 448 g/mol. The zero-order valence-corrected chi connectivity index (χ0v) is 20.3. The van der Waals surface area contributed by atoms with Gasteiger partial charge in [0.2, 0.25) is 0 Å². The Kier molecular flexibility index (Phi) is 9.73. The van der Waals surface area contributed by atoms with Gasteiger partial charge in [0.25, 0.3) is 5.91 Å². The summed E-state index contributed by atoms with van der Waals surface area (Å²) in [4.78, 5) is 12.6. The Bertz CT molecular complexity index is 1090. The number of thiocarbonyl (C=S) groups is 1. The van der Waals surface area contributed by atoms with E-state index in [1.54, 1.807) is 25.3 Å². The highest BCUT2D eigenvalue weighted by atomic mass is 32.1. The Morgan fingerprint density at radius 3 is 2.47 bits per heavy atom. The minimum absolute atomic E-state index is 0.241. The van der Waals surface area contributed by atoms with Gasteiger partial charge in [-0.05, 0) is 60.1 Å². The molecule has 178 valence electrons. The van der Waals surface area contributed by atoms with Crippen LogP contribution in [-0.4, -0.2) is 31.3 Å². The van der Waals surface area contributed by atoms with Gasteiger partial charge in [-0.2, -0.15) is 0 Å². The average molecular weight is 479 g/mol. The van der Waals surface area contributed by atoms with Crippen molar-refractivity contribution in [3.8, 4) is 17.2 Å². The summed E-state index contributed by atoms with van der Waals surface area (Å²) in [7, 11) is 1.61. The molecule has 0 atom stereocenters. The Morgan fingerprint density at radius 1 is 0.882 bits per heavy atom. The monoisotopic (exact) mass is 478 g/mol. The fourth-order valence-corrected chi connectivity index (χ4v) is 3.38. The normalized spacial score (nSPS) is 10.3. The van der Waals surface area contributed by atoms with Crippen LogP contribution in [0.15, 0.2) is 72.8 Å². The van der Waals surface area contributed by atoms with E-state index in [0.717, 1.165) is 18.4 Å². The van der Waals surface area contributed by atoms with Crippen LogP contribution in [0.1, 0.15) is 34.8 Å². The zero-order valence-electron chi connectivity index (χ0n) is 19.5. The van der Waals surface area contributed by atoms with Crippen LogP contribution in [-0.2, 0) is 13.0 Å². The molecule has 0 spiro atoms. The predicted octanol–water partition coefficient (Wildman–Crippen LogP) is 4.91. The minimum Gasteiger partial charge on any atom is -0.493 e. The Balaban J connectivity index is 1.48. The van der Waals surface area contributed by atoms with Crippen LogP contribution < -0.4 is 24.8 Å². The second-order valence-electron chi connectivity index (χ2n) is 7.58.